The van der Waals surface area contributed by atoms with Gasteiger partial charge in [0.1, 0.15) is 0 Å². The zero-order valence-electron chi connectivity index (χ0n) is 10.7. The van der Waals surface area contributed by atoms with Gasteiger partial charge in [0.15, 0.2) is 12.2 Å². The predicted molar refractivity (Wildman–Crippen MR) is 65.1 cm³/mol. The minimum absolute atomic E-state index is 0.0641. The van der Waals surface area contributed by atoms with E-state index in [1.54, 1.807) is 12.1 Å². The van der Waals surface area contributed by atoms with Crippen LogP contribution in [0.4, 0.5) is 0 Å². The van der Waals surface area contributed by atoms with E-state index in [0.29, 0.717) is 0 Å². The van der Waals surface area contributed by atoms with Gasteiger partial charge in [0.2, 0.25) is 0 Å². The molecule has 0 aromatic heterocycles. The molecule has 1 aromatic rings. The van der Waals surface area contributed by atoms with Crippen molar-refractivity contribution in [2.45, 2.75) is 18.8 Å². The van der Waals surface area contributed by atoms with Gasteiger partial charge in [-0.05, 0) is 5.56 Å². The summed E-state index contributed by atoms with van der Waals surface area (Å²) in [5.74, 6) is -1.79. The molecule has 1 aromatic carbocycles. The largest absolute Gasteiger partial charge is 0.467 e. The summed E-state index contributed by atoms with van der Waals surface area (Å²) < 4.78 is 14.1. The Morgan fingerprint density at radius 2 is 1.68 bits per heavy atom. The van der Waals surface area contributed by atoms with Crippen molar-refractivity contribution in [3.8, 4) is 0 Å². The second-order valence-electron chi connectivity index (χ2n) is 3.71. The molecule has 2 atom stereocenters. The molecule has 104 valence electrons. The zero-order chi connectivity index (χ0) is 14.3. The van der Waals surface area contributed by atoms with Crippen LogP contribution in [0.5, 0.6) is 0 Å². The smallest absolute Gasteiger partial charge is 0.338 e. The van der Waals surface area contributed by atoms with Crippen LogP contribution in [0.1, 0.15) is 5.56 Å². The van der Waals surface area contributed by atoms with Crippen molar-refractivity contribution in [2.75, 3.05) is 14.2 Å². The number of carbonyl (C=O) groups is 2. The molecule has 0 amide bonds. The highest BCUT2D eigenvalue weighted by atomic mass is 16.6. The Labute approximate surface area is 110 Å². The number of hydrogen-bond acceptors (Lipinski definition) is 6. The number of aliphatic hydroxyl groups excluding tert-OH is 1. The van der Waals surface area contributed by atoms with E-state index in [2.05, 4.69) is 9.47 Å². The van der Waals surface area contributed by atoms with Gasteiger partial charge >= 0.3 is 11.9 Å². The van der Waals surface area contributed by atoms with Gasteiger partial charge in [0.25, 0.3) is 0 Å². The van der Waals surface area contributed by atoms with E-state index in [1.807, 2.05) is 18.2 Å². The maximum atomic E-state index is 11.5. The Balaban J connectivity index is 2.70. The van der Waals surface area contributed by atoms with Crippen LogP contribution >= 0.6 is 0 Å². The fraction of sp³-hybridized carbons (Fsp3) is 0.385. The summed E-state index contributed by atoms with van der Waals surface area (Å²) in [5.41, 5.74) is 0.800. The van der Waals surface area contributed by atoms with Crippen LogP contribution in [0.15, 0.2) is 30.3 Å². The van der Waals surface area contributed by atoms with Gasteiger partial charge in [-0.2, -0.15) is 0 Å². The molecule has 1 rings (SSSR count). The van der Waals surface area contributed by atoms with E-state index in [-0.39, 0.29) is 6.61 Å². The van der Waals surface area contributed by atoms with Crippen molar-refractivity contribution in [3.63, 3.8) is 0 Å². The molecular weight excluding hydrogens is 252 g/mol. The fourth-order valence-corrected chi connectivity index (χ4v) is 1.41. The number of hydrogen-bond donors (Lipinski definition) is 1. The van der Waals surface area contributed by atoms with Crippen molar-refractivity contribution in [2.24, 2.45) is 0 Å². The van der Waals surface area contributed by atoms with Crippen LogP contribution in [0, 0.1) is 0 Å². The van der Waals surface area contributed by atoms with Crippen LogP contribution in [0.2, 0.25) is 0 Å². The van der Waals surface area contributed by atoms with E-state index in [0.717, 1.165) is 19.8 Å². The van der Waals surface area contributed by atoms with Crippen molar-refractivity contribution in [3.05, 3.63) is 35.9 Å². The second-order valence-corrected chi connectivity index (χ2v) is 3.71. The number of esters is 2. The van der Waals surface area contributed by atoms with Gasteiger partial charge in [-0.25, -0.2) is 9.59 Å². The summed E-state index contributed by atoms with van der Waals surface area (Å²) >= 11 is 0. The lowest BCUT2D eigenvalue weighted by Gasteiger charge is -2.19. The molecule has 0 aliphatic carbocycles. The van der Waals surface area contributed by atoms with Gasteiger partial charge in [0, 0.05) is 0 Å². The molecule has 0 aliphatic rings. The molecule has 1 N–H and O–H groups in total. The third kappa shape index (κ3) is 4.35. The Kier molecular flexibility index (Phi) is 5.98. The van der Waals surface area contributed by atoms with E-state index in [4.69, 9.17) is 4.74 Å². The average Bonchev–Trinajstić information content (AvgIpc) is 2.47. The lowest BCUT2D eigenvalue weighted by Crippen LogP contribution is -2.43. The van der Waals surface area contributed by atoms with Gasteiger partial charge in [0.05, 0.1) is 20.8 Å². The van der Waals surface area contributed by atoms with Gasteiger partial charge in [-0.15, -0.1) is 0 Å². The molecule has 0 unspecified atom stereocenters. The minimum Gasteiger partial charge on any atom is -0.467 e. The molecule has 0 spiro atoms. The molecule has 0 radical (unpaired) electrons. The Morgan fingerprint density at radius 1 is 1.11 bits per heavy atom. The maximum Gasteiger partial charge on any atom is 0.338 e. The molecular formula is C13H16O6. The van der Waals surface area contributed by atoms with Crippen molar-refractivity contribution >= 4 is 11.9 Å². The molecule has 0 aliphatic heterocycles. The lowest BCUT2D eigenvalue weighted by atomic mass is 10.2. The fourth-order valence-electron chi connectivity index (χ4n) is 1.41. The third-order valence-corrected chi connectivity index (χ3v) is 2.44. The van der Waals surface area contributed by atoms with Crippen LogP contribution in [-0.4, -0.2) is 43.5 Å². The first kappa shape index (κ1) is 15.1. The molecule has 0 saturated carbocycles. The molecule has 6 heteroatoms. The van der Waals surface area contributed by atoms with Crippen molar-refractivity contribution < 1.29 is 28.9 Å². The van der Waals surface area contributed by atoms with Crippen molar-refractivity contribution in [1.82, 2.24) is 0 Å². The molecule has 6 nitrogen and oxygen atoms in total. The quantitative estimate of drug-likeness (QED) is 0.746. The first-order valence-electron chi connectivity index (χ1n) is 5.59. The summed E-state index contributed by atoms with van der Waals surface area (Å²) in [4.78, 5) is 22.7. The summed E-state index contributed by atoms with van der Waals surface area (Å²) in [6.45, 7) is 0.0641. The van der Waals surface area contributed by atoms with Crippen LogP contribution in [0.3, 0.4) is 0 Å². The normalized spacial score (nSPS) is 13.4. The predicted octanol–water partition coefficient (Wildman–Crippen LogP) is 0.279. The maximum absolute atomic E-state index is 11.5. The monoisotopic (exact) mass is 268 g/mol. The number of ether oxygens (including phenoxy) is 3. The van der Waals surface area contributed by atoms with E-state index in [9.17, 15) is 14.7 Å². The molecule has 0 heterocycles. The summed E-state index contributed by atoms with van der Waals surface area (Å²) in [6.07, 6.45) is -3.14. The van der Waals surface area contributed by atoms with E-state index in [1.165, 1.54) is 0 Å². The Hall–Kier alpha value is -1.92. The topological polar surface area (TPSA) is 82.1 Å². The first-order valence-corrected chi connectivity index (χ1v) is 5.59. The third-order valence-electron chi connectivity index (χ3n) is 2.44. The lowest BCUT2D eigenvalue weighted by molar-refractivity contribution is -0.176. The standard InChI is InChI=1S/C13H16O6/c1-17-12(15)10(14)11(13(16)18-2)19-8-9-6-4-3-5-7-9/h3-7,10-11,14H,8H2,1-2H3/t10-,11+/m1/s1. The average molecular weight is 268 g/mol. The minimum atomic E-state index is -1.72. The summed E-state index contributed by atoms with van der Waals surface area (Å²) in [7, 11) is 2.25. The van der Waals surface area contributed by atoms with Crippen molar-refractivity contribution in [1.29, 1.82) is 0 Å². The molecule has 0 bridgehead atoms. The molecule has 0 fully saturated rings. The summed E-state index contributed by atoms with van der Waals surface area (Å²) in [5, 5.41) is 9.66. The highest BCUT2D eigenvalue weighted by Crippen LogP contribution is 2.09. The van der Waals surface area contributed by atoms with Crippen LogP contribution in [0.25, 0.3) is 0 Å². The van der Waals surface area contributed by atoms with Gasteiger partial charge < -0.3 is 19.3 Å². The SMILES string of the molecule is COC(=O)[C@@H](OCc1ccccc1)[C@@H](O)C(=O)OC. The Bertz CT molecular complexity index is 416. The highest BCUT2D eigenvalue weighted by Gasteiger charge is 2.34. The summed E-state index contributed by atoms with van der Waals surface area (Å²) in [6, 6.07) is 9.04. The number of rotatable bonds is 6. The Morgan fingerprint density at radius 3 is 2.21 bits per heavy atom. The van der Waals surface area contributed by atoms with Gasteiger partial charge in [-0.1, -0.05) is 30.3 Å². The van der Waals surface area contributed by atoms with Gasteiger partial charge in [-0.3, -0.25) is 0 Å². The molecule has 0 saturated heterocycles. The van der Waals surface area contributed by atoms with Crippen LogP contribution < -0.4 is 0 Å². The van der Waals surface area contributed by atoms with Crippen LogP contribution in [-0.2, 0) is 30.4 Å². The number of methoxy groups -OCH3 is 2. The molecule has 19 heavy (non-hydrogen) atoms. The van der Waals surface area contributed by atoms with E-state index < -0.39 is 24.1 Å². The zero-order valence-corrected chi connectivity index (χ0v) is 10.7. The highest BCUT2D eigenvalue weighted by molar-refractivity contribution is 5.85. The number of carbonyl (C=O) groups excluding carboxylic acids is 2. The first-order chi connectivity index (χ1) is 9.10. The number of aliphatic hydroxyl groups is 1. The van der Waals surface area contributed by atoms with E-state index >= 15 is 0 Å². The second kappa shape index (κ2) is 7.50. The number of benzene rings is 1.